The largest absolute Gasteiger partial charge is 0.475 e. The number of carbonyl (C=O) groups is 1. The summed E-state index contributed by atoms with van der Waals surface area (Å²) in [7, 11) is 0. The van der Waals surface area contributed by atoms with Gasteiger partial charge in [-0.25, -0.2) is 13.8 Å². The number of carbonyl (C=O) groups excluding carboxylic acids is 1. The maximum atomic E-state index is 14.3. The summed E-state index contributed by atoms with van der Waals surface area (Å²) in [6.45, 7) is -0.625. The van der Waals surface area contributed by atoms with E-state index in [0.29, 0.717) is 14.9 Å². The fourth-order valence-corrected chi connectivity index (χ4v) is 3.85. The van der Waals surface area contributed by atoms with Crippen molar-refractivity contribution in [3.05, 3.63) is 56.4 Å². The van der Waals surface area contributed by atoms with E-state index in [1.165, 1.54) is 11.3 Å². The number of nitrogens with zero attached hydrogens (tertiary/aromatic N) is 1. The zero-order valence-electron chi connectivity index (χ0n) is 13.2. The summed E-state index contributed by atoms with van der Waals surface area (Å²) in [5, 5.41) is 9.59. The summed E-state index contributed by atoms with van der Waals surface area (Å²) in [5.74, 6) is -4.24. The van der Waals surface area contributed by atoms with Crippen LogP contribution >= 0.6 is 38.9 Å². The topological polar surface area (TPSA) is 98.6 Å². The van der Waals surface area contributed by atoms with Crippen molar-refractivity contribution in [2.45, 2.75) is 6.10 Å². The van der Waals surface area contributed by atoms with Crippen molar-refractivity contribution in [1.29, 1.82) is 0 Å². The van der Waals surface area contributed by atoms with Crippen LogP contribution in [-0.2, 0) is 0 Å². The average Bonchev–Trinajstić information content (AvgIpc) is 3.19. The van der Waals surface area contributed by atoms with Crippen molar-refractivity contribution in [3.8, 4) is 16.3 Å². The minimum absolute atomic E-state index is 0.0618. The van der Waals surface area contributed by atoms with E-state index in [9.17, 15) is 18.7 Å². The molecule has 0 bridgehead atoms. The fourth-order valence-electron chi connectivity index (χ4n) is 2.22. The van der Waals surface area contributed by atoms with Gasteiger partial charge >= 0.3 is 0 Å². The minimum atomic E-state index is -1.29. The first-order chi connectivity index (χ1) is 12.8. The van der Waals surface area contributed by atoms with Crippen molar-refractivity contribution in [2.75, 3.05) is 6.61 Å². The Labute approximate surface area is 168 Å². The van der Waals surface area contributed by atoms with Crippen molar-refractivity contribution in [3.63, 3.8) is 0 Å². The molecule has 0 spiro atoms. The summed E-state index contributed by atoms with van der Waals surface area (Å²) in [6.07, 6.45) is -1.22. The number of thiophene rings is 1. The van der Waals surface area contributed by atoms with Gasteiger partial charge in [-0.3, -0.25) is 4.79 Å². The molecule has 0 aliphatic carbocycles. The van der Waals surface area contributed by atoms with Crippen molar-refractivity contribution >= 4 is 44.8 Å². The predicted octanol–water partition coefficient (Wildman–Crippen LogP) is 4.31. The van der Waals surface area contributed by atoms with Crippen LogP contribution in [0.15, 0.2) is 33.4 Å². The summed E-state index contributed by atoms with van der Waals surface area (Å²) in [6, 6.07) is 5.21. The third-order valence-electron chi connectivity index (χ3n) is 3.42. The van der Waals surface area contributed by atoms with Gasteiger partial charge in [-0.15, -0.1) is 11.3 Å². The highest BCUT2D eigenvalue weighted by Gasteiger charge is 2.26. The van der Waals surface area contributed by atoms with Crippen LogP contribution in [0.4, 0.5) is 8.78 Å². The zero-order valence-corrected chi connectivity index (χ0v) is 16.4. The second kappa shape index (κ2) is 7.93. The second-order valence-electron chi connectivity index (χ2n) is 5.17. The van der Waals surface area contributed by atoms with Gasteiger partial charge in [0.05, 0.1) is 15.8 Å². The van der Waals surface area contributed by atoms with Crippen LogP contribution in [-0.4, -0.2) is 22.6 Å². The van der Waals surface area contributed by atoms with Crippen LogP contribution in [0.2, 0.25) is 4.34 Å². The number of rotatable bonds is 6. The Balaban J connectivity index is 1.93. The number of primary amides is 1. The van der Waals surface area contributed by atoms with Gasteiger partial charge in [0.15, 0.2) is 22.3 Å². The molecule has 0 saturated heterocycles. The highest BCUT2D eigenvalue weighted by molar-refractivity contribution is 9.10. The van der Waals surface area contributed by atoms with Crippen molar-refractivity contribution in [2.24, 2.45) is 5.73 Å². The molecule has 3 N–H and O–H groups in total. The number of benzene rings is 1. The molecule has 0 radical (unpaired) electrons. The van der Waals surface area contributed by atoms with E-state index in [0.717, 1.165) is 12.1 Å². The maximum Gasteiger partial charge on any atom is 0.254 e. The molecule has 2 aromatic heterocycles. The molecule has 0 aliphatic heterocycles. The molecule has 11 heteroatoms. The molecular weight excluding hydrogens is 470 g/mol. The van der Waals surface area contributed by atoms with Crippen LogP contribution in [0, 0.1) is 11.6 Å². The predicted molar refractivity (Wildman–Crippen MR) is 97.9 cm³/mol. The van der Waals surface area contributed by atoms with E-state index in [-0.39, 0.29) is 10.6 Å². The van der Waals surface area contributed by atoms with Gasteiger partial charge in [0.1, 0.15) is 17.1 Å². The molecule has 0 fully saturated rings. The third kappa shape index (κ3) is 3.98. The lowest BCUT2D eigenvalue weighted by molar-refractivity contribution is 0.0880. The van der Waals surface area contributed by atoms with Gasteiger partial charge in [0.25, 0.3) is 5.91 Å². The lowest BCUT2D eigenvalue weighted by atomic mass is 10.1. The van der Waals surface area contributed by atoms with Crippen LogP contribution in [0.5, 0.6) is 5.75 Å². The number of aliphatic hydroxyl groups excluding tert-OH is 1. The Bertz CT molecular complexity index is 1010. The summed E-state index contributed by atoms with van der Waals surface area (Å²) in [4.78, 5) is 16.1. The first-order valence-corrected chi connectivity index (χ1v) is 9.27. The molecular formula is C16H10BrClF2N2O4S. The third-order valence-corrected chi connectivity index (χ3v) is 5.20. The van der Waals surface area contributed by atoms with Gasteiger partial charge in [-0.2, -0.15) is 0 Å². The van der Waals surface area contributed by atoms with Crippen LogP contribution in [0.25, 0.3) is 10.6 Å². The number of aliphatic hydroxyl groups is 1. The number of oxazole rings is 1. The van der Waals surface area contributed by atoms with E-state index >= 15 is 0 Å². The zero-order chi connectivity index (χ0) is 19.7. The fraction of sp³-hybridized carbons (Fsp3) is 0.125. The lowest BCUT2D eigenvalue weighted by Gasteiger charge is -2.15. The number of ether oxygens (including phenoxy) is 1. The molecule has 0 aliphatic rings. The molecule has 1 aromatic carbocycles. The Morgan fingerprint density at radius 2 is 2.15 bits per heavy atom. The van der Waals surface area contributed by atoms with Gasteiger partial charge in [-0.05, 0) is 40.2 Å². The lowest BCUT2D eigenvalue weighted by Crippen LogP contribution is -2.18. The molecule has 3 rings (SSSR count). The molecule has 0 saturated carbocycles. The van der Waals surface area contributed by atoms with E-state index in [2.05, 4.69) is 20.9 Å². The molecule has 1 amide bonds. The van der Waals surface area contributed by atoms with Crippen LogP contribution in [0.3, 0.4) is 0 Å². The number of nitrogens with two attached hydrogens (primary N) is 1. The molecule has 27 heavy (non-hydrogen) atoms. The molecule has 6 nitrogen and oxygen atoms in total. The molecule has 2 heterocycles. The summed E-state index contributed by atoms with van der Waals surface area (Å²) in [5.41, 5.74) is 4.46. The summed E-state index contributed by atoms with van der Waals surface area (Å²) < 4.78 is 39.5. The van der Waals surface area contributed by atoms with Crippen LogP contribution < -0.4 is 10.5 Å². The van der Waals surface area contributed by atoms with Gasteiger partial charge < -0.3 is 20.0 Å². The maximum absolute atomic E-state index is 14.3. The first kappa shape index (κ1) is 19.7. The quantitative estimate of drug-likeness (QED) is 0.549. The standard InChI is InChI=1S/C16H10BrClF2N2O4S/c17-14-13(9-3-4-10(18)27-9)22-16(26-14)8(5-23)25-7-2-1-6(19)11(12(7)20)15(21)24/h1-4,8,23H,5H2,(H2,21,24). The average molecular weight is 480 g/mol. The van der Waals surface area contributed by atoms with Gasteiger partial charge in [0, 0.05) is 0 Å². The van der Waals surface area contributed by atoms with Crippen LogP contribution in [0.1, 0.15) is 22.4 Å². The van der Waals surface area contributed by atoms with E-state index in [1.54, 1.807) is 12.1 Å². The Kier molecular flexibility index (Phi) is 5.80. The number of hydrogen-bond acceptors (Lipinski definition) is 6. The Morgan fingerprint density at radius 3 is 2.74 bits per heavy atom. The highest BCUT2D eigenvalue weighted by Crippen LogP contribution is 2.37. The molecule has 142 valence electrons. The Hall–Kier alpha value is -2.01. The van der Waals surface area contributed by atoms with E-state index in [4.69, 9.17) is 26.5 Å². The monoisotopic (exact) mass is 478 g/mol. The highest BCUT2D eigenvalue weighted by atomic mass is 79.9. The van der Waals surface area contributed by atoms with Crippen molar-refractivity contribution in [1.82, 2.24) is 4.98 Å². The minimum Gasteiger partial charge on any atom is -0.475 e. The van der Waals surface area contributed by atoms with E-state index in [1.807, 2.05) is 0 Å². The van der Waals surface area contributed by atoms with Gasteiger partial charge in [0.2, 0.25) is 5.89 Å². The van der Waals surface area contributed by atoms with Gasteiger partial charge in [-0.1, -0.05) is 11.6 Å². The number of aromatic nitrogens is 1. The molecule has 3 aromatic rings. The molecule has 1 unspecified atom stereocenters. The molecule has 1 atom stereocenters. The SMILES string of the molecule is NC(=O)c1c(F)ccc(OC(CO)c2nc(-c3ccc(Cl)s3)c(Br)o2)c1F. The Morgan fingerprint density at radius 1 is 1.41 bits per heavy atom. The second-order valence-corrected chi connectivity index (χ2v) is 7.60. The van der Waals surface area contributed by atoms with Crippen molar-refractivity contribution < 1.29 is 27.8 Å². The number of hydrogen-bond donors (Lipinski definition) is 2. The first-order valence-electron chi connectivity index (χ1n) is 7.29. The van der Waals surface area contributed by atoms with E-state index < -0.39 is 41.6 Å². The normalized spacial score (nSPS) is 12.2. The smallest absolute Gasteiger partial charge is 0.254 e. The summed E-state index contributed by atoms with van der Waals surface area (Å²) >= 11 is 10.4. The number of halogens is 4. The number of amides is 1.